The number of hydrogen-bond acceptors (Lipinski definition) is 5. The molecule has 0 atom stereocenters. The van der Waals surface area contributed by atoms with Crippen LogP contribution in [0.2, 0.25) is 0 Å². The van der Waals surface area contributed by atoms with E-state index in [1.54, 1.807) is 16.0 Å². The molecule has 0 unspecified atom stereocenters. The second-order valence-electron chi connectivity index (χ2n) is 7.54. The molecular weight excluding hydrogens is 398 g/mol. The molecule has 1 amide bonds. The molecule has 0 fully saturated rings. The molecule has 152 valence electrons. The van der Waals surface area contributed by atoms with Crippen molar-refractivity contribution < 1.29 is 4.79 Å². The van der Waals surface area contributed by atoms with E-state index in [0.29, 0.717) is 11.2 Å². The molecule has 0 aliphatic heterocycles. The van der Waals surface area contributed by atoms with Crippen LogP contribution in [0.1, 0.15) is 29.0 Å². The van der Waals surface area contributed by atoms with Crippen molar-refractivity contribution in [1.29, 1.82) is 0 Å². The summed E-state index contributed by atoms with van der Waals surface area (Å²) in [7, 11) is 0. The summed E-state index contributed by atoms with van der Waals surface area (Å²) in [5, 5.41) is 8.04. The van der Waals surface area contributed by atoms with Crippen LogP contribution in [0.4, 0.5) is 5.82 Å². The maximum atomic E-state index is 13.1. The highest BCUT2D eigenvalue weighted by atomic mass is 32.1. The third-order valence-electron chi connectivity index (χ3n) is 5.36. The van der Waals surface area contributed by atoms with E-state index < -0.39 is 0 Å². The van der Waals surface area contributed by atoms with Crippen molar-refractivity contribution in [1.82, 2.24) is 19.3 Å². The van der Waals surface area contributed by atoms with Gasteiger partial charge in [0, 0.05) is 10.9 Å². The van der Waals surface area contributed by atoms with Crippen LogP contribution in [-0.4, -0.2) is 25.2 Å². The first-order valence-electron chi connectivity index (χ1n) is 10.0. The number of nitrogens with one attached hydrogen (secondary N) is 1. The van der Waals surface area contributed by atoms with E-state index in [0.717, 1.165) is 47.5 Å². The fourth-order valence-electron chi connectivity index (χ4n) is 3.99. The van der Waals surface area contributed by atoms with Gasteiger partial charge in [-0.25, -0.2) is 9.67 Å². The summed E-state index contributed by atoms with van der Waals surface area (Å²) in [6.45, 7) is 1.78. The van der Waals surface area contributed by atoms with E-state index in [1.807, 2.05) is 43.3 Å². The number of nitrogens with zero attached hydrogens (tertiary/aromatic N) is 4. The quantitative estimate of drug-likeness (QED) is 0.549. The smallest absolute Gasteiger partial charge is 0.262 e. The fourth-order valence-corrected chi connectivity index (χ4v) is 5.20. The number of rotatable bonds is 4. The summed E-state index contributed by atoms with van der Waals surface area (Å²) in [4.78, 5) is 32.3. The van der Waals surface area contributed by atoms with Gasteiger partial charge < -0.3 is 5.32 Å². The van der Waals surface area contributed by atoms with Gasteiger partial charge in [-0.1, -0.05) is 18.2 Å². The van der Waals surface area contributed by atoms with Gasteiger partial charge >= 0.3 is 0 Å². The lowest BCUT2D eigenvalue weighted by Gasteiger charge is -2.11. The van der Waals surface area contributed by atoms with Crippen LogP contribution in [0.5, 0.6) is 0 Å². The van der Waals surface area contributed by atoms with Crippen molar-refractivity contribution in [3.05, 3.63) is 69.2 Å². The number of amides is 1. The normalized spacial score (nSPS) is 13.4. The van der Waals surface area contributed by atoms with Crippen LogP contribution < -0.4 is 10.9 Å². The summed E-state index contributed by atoms with van der Waals surface area (Å²) in [5.74, 6) is 0.276. The van der Waals surface area contributed by atoms with Crippen LogP contribution in [0, 0.1) is 6.92 Å². The molecule has 3 aromatic heterocycles. The van der Waals surface area contributed by atoms with Crippen LogP contribution >= 0.6 is 11.3 Å². The van der Waals surface area contributed by atoms with Gasteiger partial charge in [0.15, 0.2) is 0 Å². The molecular formula is C22H21N5O2S. The fraction of sp³-hybridized carbons (Fsp3) is 0.273. The molecule has 1 aliphatic carbocycles. The predicted octanol–water partition coefficient (Wildman–Crippen LogP) is 3.47. The van der Waals surface area contributed by atoms with Crippen molar-refractivity contribution in [2.24, 2.45) is 0 Å². The molecule has 0 saturated carbocycles. The Morgan fingerprint density at radius 3 is 2.83 bits per heavy atom. The van der Waals surface area contributed by atoms with Crippen molar-refractivity contribution in [2.45, 2.75) is 39.2 Å². The Hall–Kier alpha value is -3.26. The van der Waals surface area contributed by atoms with E-state index in [-0.39, 0.29) is 18.0 Å². The van der Waals surface area contributed by atoms with Gasteiger partial charge in [-0.05, 0) is 50.3 Å². The first kappa shape index (κ1) is 18.7. The summed E-state index contributed by atoms with van der Waals surface area (Å²) < 4.78 is 3.09. The molecule has 1 N–H and O–H groups in total. The molecule has 8 heteroatoms. The molecule has 0 bridgehead atoms. The number of anilines is 1. The highest BCUT2D eigenvalue weighted by Gasteiger charge is 2.20. The Morgan fingerprint density at radius 1 is 1.20 bits per heavy atom. The average molecular weight is 420 g/mol. The minimum absolute atomic E-state index is 0.0919. The van der Waals surface area contributed by atoms with E-state index in [2.05, 4.69) is 15.4 Å². The zero-order valence-electron chi connectivity index (χ0n) is 16.6. The van der Waals surface area contributed by atoms with Crippen molar-refractivity contribution >= 4 is 33.3 Å². The number of thiophene rings is 1. The minimum Gasteiger partial charge on any atom is -0.309 e. The van der Waals surface area contributed by atoms with Gasteiger partial charge in [0.25, 0.3) is 5.56 Å². The van der Waals surface area contributed by atoms with Gasteiger partial charge in [0.2, 0.25) is 5.91 Å². The van der Waals surface area contributed by atoms with E-state index in [9.17, 15) is 9.59 Å². The number of hydrogen-bond donors (Lipinski definition) is 1. The van der Waals surface area contributed by atoms with E-state index in [4.69, 9.17) is 0 Å². The molecule has 0 spiro atoms. The number of benzene rings is 1. The molecule has 1 aliphatic rings. The van der Waals surface area contributed by atoms with E-state index >= 15 is 0 Å². The maximum Gasteiger partial charge on any atom is 0.262 e. The highest BCUT2D eigenvalue weighted by Crippen LogP contribution is 2.33. The van der Waals surface area contributed by atoms with Gasteiger partial charge in [-0.15, -0.1) is 11.3 Å². The predicted molar refractivity (Wildman–Crippen MR) is 117 cm³/mol. The average Bonchev–Trinajstić information content (AvgIpc) is 3.31. The van der Waals surface area contributed by atoms with Gasteiger partial charge in [0.05, 0.1) is 23.1 Å². The third-order valence-corrected chi connectivity index (χ3v) is 6.56. The number of carbonyl (C=O) groups is 1. The molecule has 3 heterocycles. The van der Waals surface area contributed by atoms with Crippen molar-refractivity contribution in [3.8, 4) is 5.69 Å². The van der Waals surface area contributed by atoms with Crippen LogP contribution in [0.15, 0.2) is 47.5 Å². The molecule has 0 radical (unpaired) electrons. The molecule has 4 aromatic rings. The number of aromatic nitrogens is 4. The lowest BCUT2D eigenvalue weighted by molar-refractivity contribution is -0.116. The largest absolute Gasteiger partial charge is 0.309 e. The molecule has 0 saturated heterocycles. The van der Waals surface area contributed by atoms with Crippen LogP contribution in [0.25, 0.3) is 15.9 Å². The summed E-state index contributed by atoms with van der Waals surface area (Å²) >= 11 is 1.61. The van der Waals surface area contributed by atoms with Gasteiger partial charge in [0.1, 0.15) is 17.2 Å². The Bertz CT molecular complexity index is 1300. The highest BCUT2D eigenvalue weighted by molar-refractivity contribution is 7.18. The lowest BCUT2D eigenvalue weighted by Crippen LogP contribution is -2.28. The molecule has 1 aromatic carbocycles. The van der Waals surface area contributed by atoms with Crippen LogP contribution in [0.3, 0.4) is 0 Å². The zero-order valence-corrected chi connectivity index (χ0v) is 17.4. The Kier molecular flexibility index (Phi) is 4.71. The zero-order chi connectivity index (χ0) is 20.7. The lowest BCUT2D eigenvalue weighted by atomic mass is 9.97. The van der Waals surface area contributed by atoms with Gasteiger partial charge in [-0.2, -0.15) is 5.10 Å². The summed E-state index contributed by atoms with van der Waals surface area (Å²) in [6, 6.07) is 11.4. The van der Waals surface area contributed by atoms with Gasteiger partial charge in [-0.3, -0.25) is 14.2 Å². The van der Waals surface area contributed by atoms with Crippen molar-refractivity contribution in [3.63, 3.8) is 0 Å². The number of aryl methyl sites for hydroxylation is 3. The molecule has 5 rings (SSSR count). The van der Waals surface area contributed by atoms with Crippen molar-refractivity contribution in [2.75, 3.05) is 5.32 Å². The Balaban J connectivity index is 1.42. The first-order valence-corrected chi connectivity index (χ1v) is 10.8. The van der Waals surface area contributed by atoms with Crippen LogP contribution in [-0.2, 0) is 24.2 Å². The first-order chi connectivity index (χ1) is 14.6. The Labute approximate surface area is 177 Å². The number of carbonyl (C=O) groups excluding carboxylic acids is 1. The maximum absolute atomic E-state index is 13.1. The number of para-hydroxylation sites is 1. The third kappa shape index (κ3) is 3.33. The molecule has 7 nitrogen and oxygen atoms in total. The van der Waals surface area contributed by atoms with E-state index in [1.165, 1.54) is 15.8 Å². The standard InChI is InChI=1S/C22H21N5O2S/c1-14-11-18(27(25-14)15-7-3-2-4-8-15)24-19(28)12-26-13-23-21-20(22(26)29)16-9-5-6-10-17(16)30-21/h2-4,7-8,11,13H,5-6,9-10,12H2,1H3,(H,24,28). The summed E-state index contributed by atoms with van der Waals surface area (Å²) in [6.07, 6.45) is 5.66. The molecule has 30 heavy (non-hydrogen) atoms. The summed E-state index contributed by atoms with van der Waals surface area (Å²) in [5.41, 5.74) is 2.64. The number of fused-ring (bicyclic) bond motifs is 3. The SMILES string of the molecule is Cc1cc(NC(=O)Cn2cnc3sc4c(c3c2=O)CCCC4)n(-c2ccccc2)n1. The second kappa shape index (κ2) is 7.53. The topological polar surface area (TPSA) is 81.8 Å². The Morgan fingerprint density at radius 2 is 2.00 bits per heavy atom. The monoisotopic (exact) mass is 419 g/mol. The minimum atomic E-state index is -0.292. The second-order valence-corrected chi connectivity index (χ2v) is 8.62.